The van der Waals surface area contributed by atoms with Crippen molar-refractivity contribution in [3.05, 3.63) is 47.7 Å². The summed E-state index contributed by atoms with van der Waals surface area (Å²) in [6.07, 6.45) is 0.758. The van der Waals surface area contributed by atoms with Gasteiger partial charge in [-0.2, -0.15) is 5.10 Å². The molecule has 3 aromatic rings. The fourth-order valence-corrected chi connectivity index (χ4v) is 3.05. The first kappa shape index (κ1) is 16.9. The van der Waals surface area contributed by atoms with Crippen LogP contribution in [-0.4, -0.2) is 29.5 Å². The Kier molecular flexibility index (Phi) is 4.65. The van der Waals surface area contributed by atoms with E-state index in [1.807, 2.05) is 44.2 Å². The minimum atomic E-state index is 0.164. The number of hydrogen-bond donors (Lipinski definition) is 2. The number of phenolic OH excluding ortho intramolecular Hbond substituents is 1. The van der Waals surface area contributed by atoms with Crippen LogP contribution in [0.5, 0.6) is 17.2 Å². The van der Waals surface area contributed by atoms with Gasteiger partial charge in [-0.1, -0.05) is 19.1 Å². The molecular formula is C20H22N2O3. The molecule has 0 aliphatic heterocycles. The number of nitrogens with zero attached hydrogens (tertiary/aromatic N) is 1. The van der Waals surface area contributed by atoms with E-state index in [2.05, 4.69) is 10.2 Å². The standard InChI is InChI=1S/C20H22N2O3/c1-5-13-10-16(25-4)11-17(23)19(13)20-18(12(2)21-22-20)14-6-8-15(24-3)9-7-14/h6-11,23H,5H2,1-4H3,(H,21,22). The lowest BCUT2D eigenvalue weighted by Crippen LogP contribution is -1.94. The summed E-state index contributed by atoms with van der Waals surface area (Å²) < 4.78 is 10.5. The molecule has 0 spiro atoms. The highest BCUT2D eigenvalue weighted by atomic mass is 16.5. The predicted molar refractivity (Wildman–Crippen MR) is 98.3 cm³/mol. The molecule has 0 fully saturated rings. The lowest BCUT2D eigenvalue weighted by Gasteiger charge is -2.13. The average Bonchev–Trinajstić information content (AvgIpc) is 3.01. The normalized spacial score (nSPS) is 10.7. The largest absolute Gasteiger partial charge is 0.507 e. The Morgan fingerprint density at radius 1 is 1.00 bits per heavy atom. The van der Waals surface area contributed by atoms with Crippen molar-refractivity contribution in [3.63, 3.8) is 0 Å². The van der Waals surface area contributed by atoms with Crippen molar-refractivity contribution in [3.8, 4) is 39.6 Å². The maximum Gasteiger partial charge on any atom is 0.129 e. The zero-order chi connectivity index (χ0) is 18.0. The van der Waals surface area contributed by atoms with Gasteiger partial charge in [0.1, 0.15) is 22.9 Å². The summed E-state index contributed by atoms with van der Waals surface area (Å²) >= 11 is 0. The molecule has 3 rings (SSSR count). The Bertz CT molecular complexity index is 883. The first-order valence-corrected chi connectivity index (χ1v) is 8.18. The minimum absolute atomic E-state index is 0.164. The van der Waals surface area contributed by atoms with Crippen LogP contribution in [0, 0.1) is 6.92 Å². The van der Waals surface area contributed by atoms with Gasteiger partial charge < -0.3 is 14.6 Å². The molecule has 0 aliphatic carbocycles. The van der Waals surface area contributed by atoms with E-state index >= 15 is 0 Å². The van der Waals surface area contributed by atoms with Gasteiger partial charge in [0, 0.05) is 22.9 Å². The van der Waals surface area contributed by atoms with Gasteiger partial charge in [-0.15, -0.1) is 0 Å². The Balaban J connectivity index is 2.20. The molecule has 0 bridgehead atoms. The van der Waals surface area contributed by atoms with Crippen molar-refractivity contribution in [2.75, 3.05) is 14.2 Å². The van der Waals surface area contributed by atoms with E-state index in [-0.39, 0.29) is 5.75 Å². The molecule has 0 unspecified atom stereocenters. The molecule has 0 atom stereocenters. The summed E-state index contributed by atoms with van der Waals surface area (Å²) in [6.45, 7) is 4.02. The Morgan fingerprint density at radius 2 is 1.68 bits per heavy atom. The minimum Gasteiger partial charge on any atom is -0.507 e. The summed E-state index contributed by atoms with van der Waals surface area (Å²) in [7, 11) is 3.24. The maximum absolute atomic E-state index is 10.6. The maximum atomic E-state index is 10.6. The molecule has 25 heavy (non-hydrogen) atoms. The molecule has 5 nitrogen and oxygen atoms in total. The fourth-order valence-electron chi connectivity index (χ4n) is 3.05. The van der Waals surface area contributed by atoms with Crippen LogP contribution in [0.25, 0.3) is 22.4 Å². The number of ether oxygens (including phenoxy) is 2. The zero-order valence-electron chi connectivity index (χ0n) is 14.9. The number of H-pyrrole nitrogens is 1. The third-order valence-corrected chi connectivity index (χ3v) is 4.35. The van der Waals surface area contributed by atoms with E-state index < -0.39 is 0 Å². The molecule has 0 saturated heterocycles. The lowest BCUT2D eigenvalue weighted by molar-refractivity contribution is 0.407. The number of aryl methyl sites for hydroxylation is 2. The highest BCUT2D eigenvalue weighted by Crippen LogP contribution is 2.41. The summed E-state index contributed by atoms with van der Waals surface area (Å²) in [4.78, 5) is 0. The smallest absolute Gasteiger partial charge is 0.129 e. The van der Waals surface area contributed by atoms with Crippen LogP contribution in [-0.2, 0) is 6.42 Å². The number of nitrogens with one attached hydrogen (secondary N) is 1. The topological polar surface area (TPSA) is 67.4 Å². The number of aromatic hydroxyl groups is 1. The van der Waals surface area contributed by atoms with Gasteiger partial charge in [0.2, 0.25) is 0 Å². The summed E-state index contributed by atoms with van der Waals surface area (Å²) in [5.41, 5.74) is 5.38. The lowest BCUT2D eigenvalue weighted by atomic mass is 9.94. The Labute approximate surface area is 147 Å². The van der Waals surface area contributed by atoms with E-state index in [4.69, 9.17) is 9.47 Å². The summed E-state index contributed by atoms with van der Waals surface area (Å²) in [5, 5.41) is 18.1. The van der Waals surface area contributed by atoms with Crippen molar-refractivity contribution in [2.24, 2.45) is 0 Å². The Hall–Kier alpha value is -2.95. The zero-order valence-corrected chi connectivity index (χ0v) is 14.9. The van der Waals surface area contributed by atoms with Gasteiger partial charge in [-0.25, -0.2) is 0 Å². The second-order valence-corrected chi connectivity index (χ2v) is 5.83. The fraction of sp³-hybridized carbons (Fsp3) is 0.250. The summed E-state index contributed by atoms with van der Waals surface area (Å²) in [6, 6.07) is 11.4. The number of phenols is 1. The number of aromatic nitrogens is 2. The molecule has 130 valence electrons. The first-order valence-electron chi connectivity index (χ1n) is 8.18. The van der Waals surface area contributed by atoms with Gasteiger partial charge in [0.25, 0.3) is 0 Å². The highest BCUT2D eigenvalue weighted by molar-refractivity contribution is 5.87. The third-order valence-electron chi connectivity index (χ3n) is 4.35. The molecule has 1 heterocycles. The van der Waals surface area contributed by atoms with Crippen LogP contribution in [0.2, 0.25) is 0 Å². The molecule has 0 saturated carbocycles. The molecular weight excluding hydrogens is 316 g/mol. The van der Waals surface area contributed by atoms with E-state index in [1.165, 1.54) is 0 Å². The number of aromatic amines is 1. The van der Waals surface area contributed by atoms with Crippen LogP contribution in [0.1, 0.15) is 18.2 Å². The number of hydrogen-bond acceptors (Lipinski definition) is 4. The van der Waals surface area contributed by atoms with Gasteiger partial charge in [-0.05, 0) is 42.7 Å². The second-order valence-electron chi connectivity index (χ2n) is 5.83. The van der Waals surface area contributed by atoms with Crippen LogP contribution < -0.4 is 9.47 Å². The molecule has 0 aliphatic rings. The van der Waals surface area contributed by atoms with Gasteiger partial charge in [-0.3, -0.25) is 5.10 Å². The van der Waals surface area contributed by atoms with Crippen molar-refractivity contribution in [2.45, 2.75) is 20.3 Å². The summed E-state index contributed by atoms with van der Waals surface area (Å²) in [5.74, 6) is 1.60. The SMILES string of the molecule is CCc1cc(OC)cc(O)c1-c1n[nH]c(C)c1-c1ccc(OC)cc1. The van der Waals surface area contributed by atoms with Crippen LogP contribution >= 0.6 is 0 Å². The van der Waals surface area contributed by atoms with E-state index in [9.17, 15) is 5.11 Å². The van der Waals surface area contributed by atoms with Crippen molar-refractivity contribution < 1.29 is 14.6 Å². The van der Waals surface area contributed by atoms with E-state index in [1.54, 1.807) is 20.3 Å². The first-order chi connectivity index (χ1) is 12.1. The predicted octanol–water partition coefficient (Wildman–Crippen LogP) is 4.34. The molecule has 1 aromatic heterocycles. The molecule has 5 heteroatoms. The molecule has 2 aromatic carbocycles. The van der Waals surface area contributed by atoms with Crippen molar-refractivity contribution in [1.82, 2.24) is 10.2 Å². The van der Waals surface area contributed by atoms with Crippen LogP contribution in [0.3, 0.4) is 0 Å². The van der Waals surface area contributed by atoms with Crippen LogP contribution in [0.4, 0.5) is 0 Å². The van der Waals surface area contributed by atoms with Crippen molar-refractivity contribution >= 4 is 0 Å². The third kappa shape index (κ3) is 3.05. The van der Waals surface area contributed by atoms with Crippen molar-refractivity contribution in [1.29, 1.82) is 0 Å². The molecule has 0 amide bonds. The van der Waals surface area contributed by atoms with Gasteiger partial charge >= 0.3 is 0 Å². The second kappa shape index (κ2) is 6.89. The van der Waals surface area contributed by atoms with E-state index in [0.717, 1.165) is 45.8 Å². The van der Waals surface area contributed by atoms with Gasteiger partial charge in [0.15, 0.2) is 0 Å². The van der Waals surface area contributed by atoms with E-state index in [0.29, 0.717) is 5.75 Å². The number of methoxy groups -OCH3 is 2. The Morgan fingerprint density at radius 3 is 2.28 bits per heavy atom. The average molecular weight is 338 g/mol. The molecule has 0 radical (unpaired) electrons. The van der Waals surface area contributed by atoms with Crippen LogP contribution in [0.15, 0.2) is 36.4 Å². The number of rotatable bonds is 5. The highest BCUT2D eigenvalue weighted by Gasteiger charge is 2.20. The quantitative estimate of drug-likeness (QED) is 0.726. The number of benzene rings is 2. The monoisotopic (exact) mass is 338 g/mol. The molecule has 2 N–H and O–H groups in total. The van der Waals surface area contributed by atoms with Gasteiger partial charge in [0.05, 0.1) is 14.2 Å².